The van der Waals surface area contributed by atoms with E-state index < -0.39 is 5.60 Å². The number of piperazine rings is 1. The summed E-state index contributed by atoms with van der Waals surface area (Å²) >= 11 is 6.22. The Bertz CT molecular complexity index is 1200. The van der Waals surface area contributed by atoms with E-state index in [0.717, 1.165) is 22.5 Å². The summed E-state index contributed by atoms with van der Waals surface area (Å²) in [6, 6.07) is 1.99. The Morgan fingerprint density at radius 1 is 1.18 bits per heavy atom. The highest BCUT2D eigenvalue weighted by atomic mass is 35.5. The Morgan fingerprint density at radius 3 is 2.64 bits per heavy atom. The number of anilines is 1. The summed E-state index contributed by atoms with van der Waals surface area (Å²) in [5.74, 6) is 1.44. The molecule has 3 aromatic rings. The van der Waals surface area contributed by atoms with Gasteiger partial charge in [0.1, 0.15) is 23.4 Å². The number of hydrogen-bond acceptors (Lipinski definition) is 6. The lowest BCUT2D eigenvalue weighted by Gasteiger charge is -2.41. The minimum absolute atomic E-state index is 0.0904. The SMILES string of the molecule is CC1CN(C(=O)OC(C)(C)C)CCN1c1ncnc2c1c(C1CC1)cn2-c1cncc(Cl)c1. The van der Waals surface area contributed by atoms with Crippen molar-refractivity contribution in [1.82, 2.24) is 24.4 Å². The molecule has 0 spiro atoms. The van der Waals surface area contributed by atoms with E-state index in [1.54, 1.807) is 23.6 Å². The molecule has 1 saturated heterocycles. The summed E-state index contributed by atoms with van der Waals surface area (Å²) in [6.07, 6.45) is 9.29. The van der Waals surface area contributed by atoms with E-state index in [1.165, 1.54) is 18.4 Å². The van der Waals surface area contributed by atoms with Gasteiger partial charge >= 0.3 is 6.09 Å². The first-order valence-corrected chi connectivity index (χ1v) is 11.8. The molecule has 1 saturated carbocycles. The molecule has 8 nitrogen and oxygen atoms in total. The first kappa shape index (κ1) is 21.9. The van der Waals surface area contributed by atoms with E-state index in [0.29, 0.717) is 30.6 Å². The number of pyridine rings is 1. The van der Waals surface area contributed by atoms with Crippen molar-refractivity contribution in [2.45, 2.75) is 58.1 Å². The molecule has 5 rings (SSSR count). The van der Waals surface area contributed by atoms with Crippen LogP contribution in [0.25, 0.3) is 16.7 Å². The number of amides is 1. The van der Waals surface area contributed by atoms with Gasteiger partial charge in [-0.05, 0) is 58.1 Å². The highest BCUT2D eigenvalue weighted by Crippen LogP contribution is 2.46. The predicted octanol–water partition coefficient (Wildman–Crippen LogP) is 4.79. The summed E-state index contributed by atoms with van der Waals surface area (Å²) in [4.78, 5) is 30.3. The zero-order valence-corrected chi connectivity index (χ0v) is 20.2. The molecule has 1 unspecified atom stereocenters. The van der Waals surface area contributed by atoms with Crippen molar-refractivity contribution < 1.29 is 9.53 Å². The van der Waals surface area contributed by atoms with Gasteiger partial charge in [0.05, 0.1) is 22.3 Å². The Morgan fingerprint density at radius 2 is 1.97 bits per heavy atom. The van der Waals surface area contributed by atoms with Crippen LogP contribution in [-0.4, -0.2) is 61.8 Å². The minimum Gasteiger partial charge on any atom is -0.444 e. The molecule has 0 N–H and O–H groups in total. The highest BCUT2D eigenvalue weighted by Gasteiger charge is 2.34. The smallest absolute Gasteiger partial charge is 0.410 e. The fourth-order valence-electron chi connectivity index (χ4n) is 4.49. The van der Waals surface area contributed by atoms with Crippen LogP contribution in [0.4, 0.5) is 10.6 Å². The molecule has 0 bridgehead atoms. The number of aromatic nitrogens is 4. The lowest BCUT2D eigenvalue weighted by Crippen LogP contribution is -2.54. The van der Waals surface area contributed by atoms with Gasteiger partial charge in [-0.1, -0.05) is 11.6 Å². The molecule has 1 atom stereocenters. The van der Waals surface area contributed by atoms with Crippen molar-refractivity contribution in [2.24, 2.45) is 0 Å². The Kier molecular flexibility index (Phi) is 5.43. The van der Waals surface area contributed by atoms with E-state index in [2.05, 4.69) is 32.6 Å². The topological polar surface area (TPSA) is 76.4 Å². The van der Waals surface area contributed by atoms with Crippen molar-refractivity contribution in [1.29, 1.82) is 0 Å². The number of halogens is 1. The van der Waals surface area contributed by atoms with Crippen LogP contribution in [0.3, 0.4) is 0 Å². The molecule has 33 heavy (non-hydrogen) atoms. The average molecular weight is 469 g/mol. The molecule has 0 aromatic carbocycles. The van der Waals surface area contributed by atoms with Gasteiger partial charge in [0, 0.05) is 38.1 Å². The lowest BCUT2D eigenvalue weighted by atomic mass is 10.1. The van der Waals surface area contributed by atoms with Crippen LogP contribution in [0.2, 0.25) is 5.02 Å². The number of carbonyl (C=O) groups excluding carboxylic acids is 1. The van der Waals surface area contributed by atoms with Crippen LogP contribution in [0, 0.1) is 0 Å². The molecule has 174 valence electrons. The third-order valence-electron chi connectivity index (χ3n) is 6.13. The fourth-order valence-corrected chi connectivity index (χ4v) is 4.66. The number of carbonyl (C=O) groups is 1. The van der Waals surface area contributed by atoms with E-state index in [4.69, 9.17) is 21.3 Å². The largest absolute Gasteiger partial charge is 0.444 e. The van der Waals surface area contributed by atoms with Crippen molar-refractivity contribution in [3.63, 3.8) is 0 Å². The predicted molar refractivity (Wildman–Crippen MR) is 128 cm³/mol. The monoisotopic (exact) mass is 468 g/mol. The fraction of sp³-hybridized carbons (Fsp3) is 0.500. The van der Waals surface area contributed by atoms with E-state index in [1.807, 2.05) is 26.8 Å². The summed E-state index contributed by atoms with van der Waals surface area (Å²) < 4.78 is 7.64. The molecule has 1 aliphatic heterocycles. The quantitative estimate of drug-likeness (QED) is 0.550. The Labute approximate surface area is 198 Å². The Hall–Kier alpha value is -2.87. The van der Waals surface area contributed by atoms with Crippen LogP contribution >= 0.6 is 11.6 Å². The lowest BCUT2D eigenvalue weighted by molar-refractivity contribution is 0.0218. The van der Waals surface area contributed by atoms with Crippen LogP contribution < -0.4 is 4.90 Å². The van der Waals surface area contributed by atoms with Crippen molar-refractivity contribution in [3.8, 4) is 5.69 Å². The van der Waals surface area contributed by atoms with Gasteiger partial charge < -0.3 is 14.5 Å². The maximum atomic E-state index is 12.6. The first-order valence-electron chi connectivity index (χ1n) is 11.4. The second kappa shape index (κ2) is 8.17. The van der Waals surface area contributed by atoms with Crippen molar-refractivity contribution in [3.05, 3.63) is 41.6 Å². The van der Waals surface area contributed by atoms with Crippen molar-refractivity contribution in [2.75, 3.05) is 24.5 Å². The number of ether oxygens (including phenoxy) is 1. The summed E-state index contributed by atoms with van der Waals surface area (Å²) in [7, 11) is 0. The molecular weight excluding hydrogens is 440 g/mol. The standard InChI is InChI=1S/C24H29ClN6O2/c1-15-12-29(23(32)33-24(2,3)4)7-8-30(15)21-20-19(16-5-6-16)13-31(22(20)28-14-27-21)18-9-17(25)10-26-11-18/h9-11,13-16H,5-8,12H2,1-4H3. The molecule has 9 heteroatoms. The number of hydrogen-bond donors (Lipinski definition) is 0. The minimum atomic E-state index is -0.506. The zero-order chi connectivity index (χ0) is 23.3. The second-order valence-electron chi connectivity index (χ2n) is 9.95. The van der Waals surface area contributed by atoms with E-state index >= 15 is 0 Å². The third kappa shape index (κ3) is 4.36. The highest BCUT2D eigenvalue weighted by molar-refractivity contribution is 6.30. The van der Waals surface area contributed by atoms with Crippen LogP contribution in [-0.2, 0) is 4.74 Å². The van der Waals surface area contributed by atoms with Gasteiger partial charge in [-0.25, -0.2) is 14.8 Å². The maximum Gasteiger partial charge on any atom is 0.410 e. The molecular formula is C24H29ClN6O2. The zero-order valence-electron chi connectivity index (χ0n) is 19.5. The molecule has 0 radical (unpaired) electrons. The third-order valence-corrected chi connectivity index (χ3v) is 6.34. The molecule has 2 fully saturated rings. The molecule has 3 aromatic heterocycles. The summed E-state index contributed by atoms with van der Waals surface area (Å²) in [6.45, 7) is 9.64. The van der Waals surface area contributed by atoms with Gasteiger partial charge in [0.15, 0.2) is 0 Å². The van der Waals surface area contributed by atoms with Gasteiger partial charge in [-0.2, -0.15) is 0 Å². The van der Waals surface area contributed by atoms with Crippen LogP contribution in [0.15, 0.2) is 31.0 Å². The number of rotatable bonds is 3. The van der Waals surface area contributed by atoms with Crippen LogP contribution in [0.5, 0.6) is 0 Å². The number of nitrogens with zero attached hydrogens (tertiary/aromatic N) is 6. The molecule has 1 amide bonds. The normalized spacial score (nSPS) is 19.2. The summed E-state index contributed by atoms with van der Waals surface area (Å²) in [5.41, 5.74) is 2.50. The van der Waals surface area contributed by atoms with Gasteiger partial charge in [0.25, 0.3) is 0 Å². The van der Waals surface area contributed by atoms with Gasteiger partial charge in [-0.15, -0.1) is 0 Å². The summed E-state index contributed by atoms with van der Waals surface area (Å²) in [5, 5.41) is 1.67. The van der Waals surface area contributed by atoms with E-state index in [9.17, 15) is 4.79 Å². The maximum absolute atomic E-state index is 12.6. The Balaban J connectivity index is 1.50. The van der Waals surface area contributed by atoms with Gasteiger partial charge in [-0.3, -0.25) is 9.55 Å². The molecule has 4 heterocycles. The molecule has 2 aliphatic rings. The second-order valence-corrected chi connectivity index (χ2v) is 10.4. The first-order chi connectivity index (χ1) is 15.7. The van der Waals surface area contributed by atoms with Crippen molar-refractivity contribution >= 4 is 34.5 Å². The molecule has 1 aliphatic carbocycles. The average Bonchev–Trinajstić information content (AvgIpc) is 3.52. The van der Waals surface area contributed by atoms with E-state index in [-0.39, 0.29) is 12.1 Å². The number of fused-ring (bicyclic) bond motifs is 1. The van der Waals surface area contributed by atoms with Gasteiger partial charge in [0.2, 0.25) is 0 Å². The van der Waals surface area contributed by atoms with Crippen LogP contribution in [0.1, 0.15) is 52.0 Å².